The summed E-state index contributed by atoms with van der Waals surface area (Å²) in [4.78, 5) is 20.8. The van der Waals surface area contributed by atoms with E-state index >= 15 is 0 Å². The minimum absolute atomic E-state index is 0.182. The van der Waals surface area contributed by atoms with Crippen LogP contribution in [-0.4, -0.2) is 21.0 Å². The van der Waals surface area contributed by atoms with Gasteiger partial charge in [0.1, 0.15) is 17.8 Å². The van der Waals surface area contributed by atoms with E-state index in [1.807, 2.05) is 31.2 Å². The lowest BCUT2D eigenvalue weighted by Gasteiger charge is -2.07. The number of nitrogens with one attached hydrogen (secondary N) is 1. The SMILES string of the molecule is Cc1ccccc1CC(=O)Nc1onc(-c2ccc(F)cc2)c1-c1ccncn1. The van der Waals surface area contributed by atoms with Crippen LogP contribution in [0.5, 0.6) is 0 Å². The van der Waals surface area contributed by atoms with Crippen molar-refractivity contribution >= 4 is 11.8 Å². The lowest BCUT2D eigenvalue weighted by atomic mass is 10.0. The van der Waals surface area contributed by atoms with Gasteiger partial charge in [-0.2, -0.15) is 0 Å². The maximum Gasteiger partial charge on any atom is 0.241 e. The van der Waals surface area contributed by atoms with E-state index in [1.54, 1.807) is 24.4 Å². The fraction of sp³-hybridized carbons (Fsp3) is 0.0909. The molecule has 4 rings (SSSR count). The molecule has 0 saturated carbocycles. The highest BCUT2D eigenvalue weighted by Gasteiger charge is 2.22. The van der Waals surface area contributed by atoms with Gasteiger partial charge in [-0.15, -0.1) is 0 Å². The standard InChI is InChI=1S/C22H17FN4O2/c1-14-4-2-3-5-16(14)12-19(28)26-22-20(18-10-11-24-13-25-18)21(27-29-22)15-6-8-17(23)9-7-15/h2-11,13H,12H2,1H3,(H,26,28). The molecule has 0 unspecified atom stereocenters. The number of hydrogen-bond acceptors (Lipinski definition) is 5. The first kappa shape index (κ1) is 18.5. The third-order valence-electron chi connectivity index (χ3n) is 4.51. The monoisotopic (exact) mass is 388 g/mol. The molecule has 0 aliphatic heterocycles. The number of benzene rings is 2. The summed E-state index contributed by atoms with van der Waals surface area (Å²) in [5, 5.41) is 6.88. The molecular formula is C22H17FN4O2. The van der Waals surface area contributed by atoms with E-state index in [0.29, 0.717) is 22.5 Å². The fourth-order valence-corrected chi connectivity index (χ4v) is 3.01. The van der Waals surface area contributed by atoms with Crippen molar-refractivity contribution in [2.45, 2.75) is 13.3 Å². The molecule has 0 atom stereocenters. The normalized spacial score (nSPS) is 10.7. The van der Waals surface area contributed by atoms with Crippen LogP contribution in [-0.2, 0) is 11.2 Å². The molecule has 0 aliphatic carbocycles. The van der Waals surface area contributed by atoms with Gasteiger partial charge < -0.3 is 4.52 Å². The lowest BCUT2D eigenvalue weighted by Crippen LogP contribution is -2.15. The smallest absolute Gasteiger partial charge is 0.241 e. The van der Waals surface area contributed by atoms with Crippen LogP contribution < -0.4 is 5.32 Å². The summed E-state index contributed by atoms with van der Waals surface area (Å²) >= 11 is 0. The van der Waals surface area contributed by atoms with E-state index in [4.69, 9.17) is 4.52 Å². The average Bonchev–Trinajstić information content (AvgIpc) is 3.14. The number of aryl methyl sites for hydroxylation is 1. The minimum atomic E-state index is -0.354. The third kappa shape index (κ3) is 4.03. The van der Waals surface area contributed by atoms with Gasteiger partial charge in [-0.25, -0.2) is 14.4 Å². The molecule has 7 heteroatoms. The Bertz CT molecular complexity index is 1140. The van der Waals surface area contributed by atoms with Crippen molar-refractivity contribution in [1.29, 1.82) is 0 Å². The molecule has 0 bridgehead atoms. The molecule has 2 aromatic carbocycles. The van der Waals surface area contributed by atoms with Crippen molar-refractivity contribution in [3.05, 3.63) is 84.1 Å². The molecule has 0 radical (unpaired) electrons. The Balaban J connectivity index is 1.69. The summed E-state index contributed by atoms with van der Waals surface area (Å²) < 4.78 is 18.8. The maximum atomic E-state index is 13.3. The van der Waals surface area contributed by atoms with Crippen molar-refractivity contribution in [3.8, 4) is 22.5 Å². The zero-order valence-electron chi connectivity index (χ0n) is 15.6. The van der Waals surface area contributed by atoms with Gasteiger partial charge in [-0.3, -0.25) is 10.1 Å². The minimum Gasteiger partial charge on any atom is -0.337 e. The number of anilines is 1. The van der Waals surface area contributed by atoms with Gasteiger partial charge in [0.15, 0.2) is 0 Å². The summed E-state index contributed by atoms with van der Waals surface area (Å²) in [6.07, 6.45) is 3.18. The summed E-state index contributed by atoms with van der Waals surface area (Å²) in [5.41, 5.74) is 4.09. The molecule has 144 valence electrons. The number of halogens is 1. The van der Waals surface area contributed by atoms with Crippen molar-refractivity contribution < 1.29 is 13.7 Å². The predicted octanol–water partition coefficient (Wildman–Crippen LogP) is 4.43. The quantitative estimate of drug-likeness (QED) is 0.547. The van der Waals surface area contributed by atoms with Crippen LogP contribution in [0.15, 0.2) is 71.6 Å². The van der Waals surface area contributed by atoms with E-state index in [1.165, 1.54) is 18.5 Å². The van der Waals surface area contributed by atoms with Gasteiger partial charge in [-0.1, -0.05) is 29.4 Å². The summed E-state index contributed by atoms with van der Waals surface area (Å²) in [5.74, 6) is -0.411. The van der Waals surface area contributed by atoms with Gasteiger partial charge in [0.2, 0.25) is 11.8 Å². The Morgan fingerprint density at radius 2 is 1.90 bits per heavy atom. The van der Waals surface area contributed by atoms with Gasteiger partial charge in [0.05, 0.1) is 17.7 Å². The van der Waals surface area contributed by atoms with Crippen LogP contribution in [0.2, 0.25) is 0 Å². The summed E-state index contributed by atoms with van der Waals surface area (Å²) in [6.45, 7) is 1.95. The lowest BCUT2D eigenvalue weighted by molar-refractivity contribution is -0.115. The molecule has 1 amide bonds. The first-order valence-corrected chi connectivity index (χ1v) is 8.98. The average molecular weight is 388 g/mol. The van der Waals surface area contributed by atoms with Crippen molar-refractivity contribution in [3.63, 3.8) is 0 Å². The highest BCUT2D eigenvalue weighted by atomic mass is 19.1. The zero-order chi connectivity index (χ0) is 20.2. The van der Waals surface area contributed by atoms with Gasteiger partial charge in [-0.05, 0) is 48.4 Å². The molecule has 29 heavy (non-hydrogen) atoms. The molecule has 2 heterocycles. The Morgan fingerprint density at radius 3 is 2.62 bits per heavy atom. The number of nitrogens with zero attached hydrogens (tertiary/aromatic N) is 3. The highest BCUT2D eigenvalue weighted by Crippen LogP contribution is 2.36. The van der Waals surface area contributed by atoms with Crippen LogP contribution in [0.3, 0.4) is 0 Å². The van der Waals surface area contributed by atoms with Crippen LogP contribution in [0.4, 0.5) is 10.3 Å². The van der Waals surface area contributed by atoms with E-state index in [-0.39, 0.29) is 24.0 Å². The molecule has 0 spiro atoms. The Hall–Kier alpha value is -3.87. The maximum absolute atomic E-state index is 13.3. The molecule has 0 fully saturated rings. The van der Waals surface area contributed by atoms with Gasteiger partial charge >= 0.3 is 0 Å². The molecule has 1 N–H and O–H groups in total. The highest BCUT2D eigenvalue weighted by molar-refractivity contribution is 5.97. The Labute approximate surface area is 166 Å². The Morgan fingerprint density at radius 1 is 1.10 bits per heavy atom. The van der Waals surface area contributed by atoms with E-state index in [2.05, 4.69) is 20.4 Å². The predicted molar refractivity (Wildman–Crippen MR) is 106 cm³/mol. The fourth-order valence-electron chi connectivity index (χ4n) is 3.01. The van der Waals surface area contributed by atoms with Crippen LogP contribution in [0.25, 0.3) is 22.5 Å². The second-order valence-corrected chi connectivity index (χ2v) is 6.49. The van der Waals surface area contributed by atoms with E-state index < -0.39 is 0 Å². The zero-order valence-corrected chi connectivity index (χ0v) is 15.6. The van der Waals surface area contributed by atoms with Gasteiger partial charge in [0, 0.05) is 11.8 Å². The first-order chi connectivity index (χ1) is 14.1. The molecule has 4 aromatic rings. The summed E-state index contributed by atoms with van der Waals surface area (Å²) in [7, 11) is 0. The van der Waals surface area contributed by atoms with E-state index in [9.17, 15) is 9.18 Å². The number of rotatable bonds is 5. The number of carbonyl (C=O) groups is 1. The number of aromatic nitrogens is 3. The second-order valence-electron chi connectivity index (χ2n) is 6.49. The van der Waals surface area contributed by atoms with Crippen molar-refractivity contribution in [2.24, 2.45) is 0 Å². The second kappa shape index (κ2) is 8.02. The molecular weight excluding hydrogens is 371 g/mol. The summed E-state index contributed by atoms with van der Waals surface area (Å²) in [6, 6.07) is 15.2. The van der Waals surface area contributed by atoms with Crippen LogP contribution in [0, 0.1) is 12.7 Å². The first-order valence-electron chi connectivity index (χ1n) is 8.98. The topological polar surface area (TPSA) is 80.9 Å². The number of hydrogen-bond donors (Lipinski definition) is 1. The van der Waals surface area contributed by atoms with Crippen LogP contribution in [0.1, 0.15) is 11.1 Å². The number of amides is 1. The molecule has 2 aromatic heterocycles. The van der Waals surface area contributed by atoms with Crippen molar-refractivity contribution in [1.82, 2.24) is 15.1 Å². The Kier molecular flexibility index (Phi) is 5.11. The molecule has 0 saturated heterocycles. The van der Waals surface area contributed by atoms with Crippen LogP contribution >= 0.6 is 0 Å². The molecule has 6 nitrogen and oxygen atoms in total. The van der Waals surface area contributed by atoms with Gasteiger partial charge in [0.25, 0.3) is 0 Å². The largest absolute Gasteiger partial charge is 0.337 e. The van der Waals surface area contributed by atoms with Crippen molar-refractivity contribution in [2.75, 3.05) is 5.32 Å². The third-order valence-corrected chi connectivity index (χ3v) is 4.51. The number of carbonyl (C=O) groups excluding carboxylic acids is 1. The van der Waals surface area contributed by atoms with E-state index in [0.717, 1.165) is 11.1 Å². The molecule has 0 aliphatic rings.